The predicted molar refractivity (Wildman–Crippen MR) is 86.1 cm³/mol. The Morgan fingerprint density at radius 3 is 2.70 bits per heavy atom. The highest BCUT2D eigenvalue weighted by molar-refractivity contribution is 6.31. The van der Waals surface area contributed by atoms with E-state index in [0.717, 1.165) is 23.7 Å². The van der Waals surface area contributed by atoms with E-state index in [2.05, 4.69) is 36.9 Å². The average Bonchev–Trinajstić information content (AvgIpc) is 2.79. The van der Waals surface area contributed by atoms with Gasteiger partial charge in [0.1, 0.15) is 0 Å². The maximum Gasteiger partial charge on any atom is 0.0514 e. The van der Waals surface area contributed by atoms with Gasteiger partial charge in [0.2, 0.25) is 0 Å². The van der Waals surface area contributed by atoms with Gasteiger partial charge in [-0.1, -0.05) is 29.8 Å². The van der Waals surface area contributed by atoms with E-state index in [-0.39, 0.29) is 12.1 Å². The van der Waals surface area contributed by atoms with Crippen LogP contribution >= 0.6 is 11.6 Å². The van der Waals surface area contributed by atoms with Crippen molar-refractivity contribution in [3.05, 3.63) is 34.9 Å². The Hall–Kier alpha value is -0.610. The molecule has 1 aliphatic heterocycles. The second-order valence-corrected chi connectivity index (χ2v) is 6.53. The van der Waals surface area contributed by atoms with Crippen molar-refractivity contribution in [3.63, 3.8) is 0 Å². The van der Waals surface area contributed by atoms with E-state index >= 15 is 0 Å². The van der Waals surface area contributed by atoms with Crippen molar-refractivity contribution in [3.8, 4) is 0 Å². The third kappa shape index (κ3) is 3.53. The molecule has 3 unspecified atom stereocenters. The summed E-state index contributed by atoms with van der Waals surface area (Å²) in [5, 5.41) is 0.824. The van der Waals surface area contributed by atoms with Crippen LogP contribution in [-0.2, 0) is 0 Å². The summed E-state index contributed by atoms with van der Waals surface area (Å²) in [6.45, 7) is 4.27. The molecule has 0 amide bonds. The van der Waals surface area contributed by atoms with Crippen molar-refractivity contribution in [1.29, 1.82) is 0 Å². The van der Waals surface area contributed by atoms with Crippen LogP contribution in [0.1, 0.15) is 31.4 Å². The standard InChI is InChI=1S/C16H26ClN3/c1-12(18)16(14-8-4-5-9-15(14)17)20-10-6-7-13(20)11-19(2)3/h4-5,8-9,12-13,16H,6-7,10-11,18H2,1-3H3. The number of nitrogens with zero attached hydrogens (tertiary/aromatic N) is 2. The lowest BCUT2D eigenvalue weighted by molar-refractivity contribution is 0.137. The van der Waals surface area contributed by atoms with Crippen molar-refractivity contribution in [2.75, 3.05) is 27.2 Å². The molecular formula is C16H26ClN3. The number of likely N-dealkylation sites (tertiary alicyclic amines) is 1. The Bertz CT molecular complexity index is 433. The van der Waals surface area contributed by atoms with Gasteiger partial charge in [-0.25, -0.2) is 0 Å². The molecule has 0 bridgehead atoms. The van der Waals surface area contributed by atoms with E-state index in [0.29, 0.717) is 6.04 Å². The van der Waals surface area contributed by atoms with Crippen molar-refractivity contribution in [2.24, 2.45) is 5.73 Å². The van der Waals surface area contributed by atoms with Crippen molar-refractivity contribution in [2.45, 2.75) is 37.9 Å². The summed E-state index contributed by atoms with van der Waals surface area (Å²) >= 11 is 6.40. The average molecular weight is 296 g/mol. The number of nitrogens with two attached hydrogens (primary N) is 1. The molecule has 112 valence electrons. The number of halogens is 1. The van der Waals surface area contributed by atoms with Crippen molar-refractivity contribution >= 4 is 11.6 Å². The smallest absolute Gasteiger partial charge is 0.0514 e. The molecule has 1 aliphatic rings. The summed E-state index contributed by atoms with van der Waals surface area (Å²) in [6, 6.07) is 8.94. The van der Waals surface area contributed by atoms with Crippen molar-refractivity contribution in [1.82, 2.24) is 9.80 Å². The van der Waals surface area contributed by atoms with Gasteiger partial charge in [0.15, 0.2) is 0 Å². The van der Waals surface area contributed by atoms with Crippen LogP contribution in [0.4, 0.5) is 0 Å². The molecule has 1 heterocycles. The molecule has 2 N–H and O–H groups in total. The fourth-order valence-electron chi connectivity index (χ4n) is 3.32. The molecule has 1 aromatic rings. The van der Waals surface area contributed by atoms with E-state index < -0.39 is 0 Å². The van der Waals surface area contributed by atoms with Crippen LogP contribution in [0.15, 0.2) is 24.3 Å². The molecule has 0 saturated carbocycles. The molecule has 0 spiro atoms. The Morgan fingerprint density at radius 1 is 1.40 bits per heavy atom. The summed E-state index contributed by atoms with van der Waals surface area (Å²) in [6.07, 6.45) is 2.48. The number of likely N-dealkylation sites (N-methyl/N-ethyl adjacent to an activating group) is 1. The third-order valence-electron chi connectivity index (χ3n) is 4.08. The fraction of sp³-hybridized carbons (Fsp3) is 0.625. The lowest BCUT2D eigenvalue weighted by Crippen LogP contribution is -2.45. The Labute approximate surface area is 127 Å². The SMILES string of the molecule is CC(N)C(c1ccccc1Cl)N1CCCC1CN(C)C. The summed E-state index contributed by atoms with van der Waals surface area (Å²) in [7, 11) is 4.26. The van der Waals surface area contributed by atoms with Crippen LogP contribution in [-0.4, -0.2) is 49.1 Å². The molecule has 2 rings (SSSR count). The van der Waals surface area contributed by atoms with Gasteiger partial charge in [-0.2, -0.15) is 0 Å². The molecule has 0 aliphatic carbocycles. The van der Waals surface area contributed by atoms with Crippen LogP contribution in [0.25, 0.3) is 0 Å². The minimum atomic E-state index is 0.0673. The van der Waals surface area contributed by atoms with Crippen LogP contribution in [0.2, 0.25) is 5.02 Å². The fourth-order valence-corrected chi connectivity index (χ4v) is 3.57. The Balaban J connectivity index is 2.27. The van der Waals surface area contributed by atoms with E-state index in [1.807, 2.05) is 18.2 Å². The van der Waals surface area contributed by atoms with Crippen LogP contribution in [0, 0.1) is 0 Å². The first kappa shape index (κ1) is 15.8. The van der Waals surface area contributed by atoms with Gasteiger partial charge in [0.25, 0.3) is 0 Å². The number of benzene rings is 1. The lowest BCUT2D eigenvalue weighted by Gasteiger charge is -2.37. The summed E-state index contributed by atoms with van der Waals surface area (Å²) in [5.41, 5.74) is 7.46. The lowest BCUT2D eigenvalue weighted by atomic mass is 9.98. The number of rotatable bonds is 5. The maximum absolute atomic E-state index is 6.40. The van der Waals surface area contributed by atoms with Crippen LogP contribution in [0.3, 0.4) is 0 Å². The minimum Gasteiger partial charge on any atom is -0.326 e. The summed E-state index contributed by atoms with van der Waals surface area (Å²) < 4.78 is 0. The molecule has 0 radical (unpaired) electrons. The van der Waals surface area contributed by atoms with Gasteiger partial charge in [0, 0.05) is 23.7 Å². The second kappa shape index (κ2) is 6.90. The zero-order chi connectivity index (χ0) is 14.7. The number of hydrogen-bond acceptors (Lipinski definition) is 3. The largest absolute Gasteiger partial charge is 0.326 e. The second-order valence-electron chi connectivity index (χ2n) is 6.12. The maximum atomic E-state index is 6.40. The van der Waals surface area contributed by atoms with Crippen LogP contribution in [0.5, 0.6) is 0 Å². The van der Waals surface area contributed by atoms with Gasteiger partial charge in [-0.15, -0.1) is 0 Å². The Morgan fingerprint density at radius 2 is 2.10 bits per heavy atom. The van der Waals surface area contributed by atoms with Gasteiger partial charge in [-0.3, -0.25) is 4.90 Å². The minimum absolute atomic E-state index is 0.0673. The van der Waals surface area contributed by atoms with Gasteiger partial charge in [-0.05, 0) is 52.0 Å². The van der Waals surface area contributed by atoms with Gasteiger partial charge >= 0.3 is 0 Å². The van der Waals surface area contributed by atoms with Crippen molar-refractivity contribution < 1.29 is 0 Å². The quantitative estimate of drug-likeness (QED) is 0.906. The third-order valence-corrected chi connectivity index (χ3v) is 4.42. The van der Waals surface area contributed by atoms with E-state index in [1.54, 1.807) is 0 Å². The highest BCUT2D eigenvalue weighted by atomic mass is 35.5. The molecule has 20 heavy (non-hydrogen) atoms. The van der Waals surface area contributed by atoms with E-state index in [9.17, 15) is 0 Å². The van der Waals surface area contributed by atoms with E-state index in [1.165, 1.54) is 12.8 Å². The predicted octanol–water partition coefficient (Wildman–Crippen LogP) is 2.75. The van der Waals surface area contributed by atoms with Gasteiger partial charge < -0.3 is 10.6 Å². The monoisotopic (exact) mass is 295 g/mol. The zero-order valence-corrected chi connectivity index (χ0v) is 13.5. The first-order valence-corrected chi connectivity index (χ1v) is 7.79. The summed E-state index contributed by atoms with van der Waals surface area (Å²) in [4.78, 5) is 4.81. The first-order chi connectivity index (χ1) is 9.50. The normalized spacial score (nSPS) is 23.2. The zero-order valence-electron chi connectivity index (χ0n) is 12.7. The van der Waals surface area contributed by atoms with Gasteiger partial charge in [0.05, 0.1) is 6.04 Å². The Kier molecular flexibility index (Phi) is 5.44. The molecule has 3 nitrogen and oxygen atoms in total. The molecule has 4 heteroatoms. The topological polar surface area (TPSA) is 32.5 Å². The molecule has 1 saturated heterocycles. The molecule has 1 aromatic carbocycles. The van der Waals surface area contributed by atoms with Crippen LogP contribution < -0.4 is 5.73 Å². The molecule has 0 aromatic heterocycles. The molecule has 3 atom stereocenters. The first-order valence-electron chi connectivity index (χ1n) is 7.41. The summed E-state index contributed by atoms with van der Waals surface area (Å²) in [5.74, 6) is 0. The molecule has 1 fully saturated rings. The highest BCUT2D eigenvalue weighted by Crippen LogP contribution is 2.34. The number of hydrogen-bond donors (Lipinski definition) is 1. The van der Waals surface area contributed by atoms with E-state index in [4.69, 9.17) is 17.3 Å². The molecular weight excluding hydrogens is 270 g/mol. The highest BCUT2D eigenvalue weighted by Gasteiger charge is 2.34.